The molecular weight excluding hydrogens is 328 g/mol. The van der Waals surface area contributed by atoms with E-state index in [2.05, 4.69) is 16.4 Å². The average molecular weight is 348 g/mol. The Kier molecular flexibility index (Phi) is 4.60. The molecule has 0 radical (unpaired) electrons. The van der Waals surface area contributed by atoms with Crippen LogP contribution in [0.15, 0.2) is 54.7 Å². The molecule has 4 rings (SSSR count). The van der Waals surface area contributed by atoms with E-state index in [1.165, 1.54) is 10.9 Å². The summed E-state index contributed by atoms with van der Waals surface area (Å²) in [5.74, 6) is 1.36. The molecule has 0 unspecified atom stereocenters. The zero-order valence-corrected chi connectivity index (χ0v) is 14.3. The fraction of sp³-hybridized carbons (Fsp3) is 0.190. The number of H-pyrrole nitrogens is 1. The fourth-order valence-corrected chi connectivity index (χ4v) is 3.05. The minimum atomic E-state index is -0.111. The first-order chi connectivity index (χ1) is 12.8. The summed E-state index contributed by atoms with van der Waals surface area (Å²) in [6.45, 7) is 1.71. The van der Waals surface area contributed by atoms with Gasteiger partial charge in [0.15, 0.2) is 11.5 Å². The highest BCUT2D eigenvalue weighted by Crippen LogP contribution is 2.31. The van der Waals surface area contributed by atoms with Gasteiger partial charge in [-0.3, -0.25) is 4.79 Å². The van der Waals surface area contributed by atoms with Crippen LogP contribution in [0.1, 0.15) is 11.1 Å². The summed E-state index contributed by atoms with van der Waals surface area (Å²) in [4.78, 5) is 15.3. The first-order valence-corrected chi connectivity index (χ1v) is 8.70. The predicted octanol–water partition coefficient (Wildman–Crippen LogP) is 3.31. The maximum Gasteiger partial charge on any atom is 0.244 e. The lowest BCUT2D eigenvalue weighted by Crippen LogP contribution is -2.23. The van der Waals surface area contributed by atoms with E-state index in [4.69, 9.17) is 9.47 Å². The Morgan fingerprint density at radius 1 is 1.12 bits per heavy atom. The molecule has 1 aliphatic heterocycles. The molecule has 2 N–H and O–H groups in total. The lowest BCUT2D eigenvalue weighted by molar-refractivity contribution is -0.116. The topological polar surface area (TPSA) is 63.4 Å². The molecule has 0 atom stereocenters. The van der Waals surface area contributed by atoms with Crippen molar-refractivity contribution in [3.8, 4) is 11.5 Å². The van der Waals surface area contributed by atoms with Gasteiger partial charge in [-0.25, -0.2) is 0 Å². The van der Waals surface area contributed by atoms with Crippen LogP contribution in [0.4, 0.5) is 0 Å². The monoisotopic (exact) mass is 348 g/mol. The van der Waals surface area contributed by atoms with E-state index < -0.39 is 0 Å². The quantitative estimate of drug-likeness (QED) is 0.696. The van der Waals surface area contributed by atoms with E-state index in [0.717, 1.165) is 29.0 Å². The second-order valence-electron chi connectivity index (χ2n) is 6.14. The van der Waals surface area contributed by atoms with Crippen LogP contribution in [0.3, 0.4) is 0 Å². The molecule has 0 aliphatic carbocycles. The van der Waals surface area contributed by atoms with Crippen LogP contribution >= 0.6 is 0 Å². The Balaban J connectivity index is 1.32. The summed E-state index contributed by atoms with van der Waals surface area (Å²) in [6, 6.07) is 13.8. The third-order valence-electron chi connectivity index (χ3n) is 4.36. The molecule has 26 heavy (non-hydrogen) atoms. The van der Waals surface area contributed by atoms with Crippen molar-refractivity contribution in [1.82, 2.24) is 10.3 Å². The smallest absolute Gasteiger partial charge is 0.244 e. The largest absolute Gasteiger partial charge is 0.486 e. The second-order valence-corrected chi connectivity index (χ2v) is 6.14. The summed E-state index contributed by atoms with van der Waals surface area (Å²) >= 11 is 0. The predicted molar refractivity (Wildman–Crippen MR) is 101 cm³/mol. The molecule has 0 bridgehead atoms. The second kappa shape index (κ2) is 7.35. The summed E-state index contributed by atoms with van der Waals surface area (Å²) < 4.78 is 11.0. The number of amides is 1. The van der Waals surface area contributed by atoms with E-state index >= 15 is 0 Å². The van der Waals surface area contributed by atoms with Crippen LogP contribution in [0.25, 0.3) is 17.0 Å². The van der Waals surface area contributed by atoms with Crippen LogP contribution in [-0.2, 0) is 11.2 Å². The van der Waals surface area contributed by atoms with Crippen molar-refractivity contribution in [3.05, 3.63) is 65.9 Å². The summed E-state index contributed by atoms with van der Waals surface area (Å²) in [6.07, 6.45) is 6.11. The van der Waals surface area contributed by atoms with Gasteiger partial charge in [0.2, 0.25) is 5.91 Å². The fourth-order valence-electron chi connectivity index (χ4n) is 3.05. The maximum absolute atomic E-state index is 12.0. The number of aromatic amines is 1. The summed E-state index contributed by atoms with van der Waals surface area (Å²) in [5.41, 5.74) is 3.23. The van der Waals surface area contributed by atoms with E-state index in [1.807, 2.05) is 42.6 Å². The first kappa shape index (κ1) is 16.3. The highest BCUT2D eigenvalue weighted by molar-refractivity contribution is 5.91. The number of rotatable bonds is 5. The Labute approximate surface area is 151 Å². The summed E-state index contributed by atoms with van der Waals surface area (Å²) in [5, 5.41) is 4.13. The van der Waals surface area contributed by atoms with Crippen LogP contribution in [0, 0.1) is 0 Å². The molecule has 1 amide bonds. The average Bonchev–Trinajstić information content (AvgIpc) is 3.09. The third kappa shape index (κ3) is 3.57. The number of aromatic nitrogens is 1. The number of benzene rings is 2. The minimum absolute atomic E-state index is 0.111. The lowest BCUT2D eigenvalue weighted by Gasteiger charge is -2.18. The van der Waals surface area contributed by atoms with Crippen LogP contribution in [0.5, 0.6) is 11.5 Å². The molecule has 5 heteroatoms. The van der Waals surface area contributed by atoms with Gasteiger partial charge in [0.1, 0.15) is 13.2 Å². The minimum Gasteiger partial charge on any atom is -0.486 e. The maximum atomic E-state index is 12.0. The molecule has 5 nitrogen and oxygen atoms in total. The molecule has 3 aromatic rings. The van der Waals surface area contributed by atoms with E-state index in [1.54, 1.807) is 12.2 Å². The van der Waals surface area contributed by atoms with Crippen LogP contribution in [-0.4, -0.2) is 30.6 Å². The van der Waals surface area contributed by atoms with Gasteiger partial charge in [-0.15, -0.1) is 0 Å². The Hall–Kier alpha value is -3.21. The number of carbonyl (C=O) groups is 1. The molecule has 0 saturated heterocycles. The number of carbonyl (C=O) groups excluding carboxylic acids is 1. The van der Waals surface area contributed by atoms with Crippen molar-refractivity contribution in [2.24, 2.45) is 0 Å². The Morgan fingerprint density at radius 3 is 2.88 bits per heavy atom. The summed E-state index contributed by atoms with van der Waals surface area (Å²) in [7, 11) is 0. The normalized spacial score (nSPS) is 13.2. The lowest BCUT2D eigenvalue weighted by atomic mass is 10.1. The molecule has 1 aliphatic rings. The van der Waals surface area contributed by atoms with Gasteiger partial charge < -0.3 is 19.8 Å². The van der Waals surface area contributed by atoms with Crippen molar-refractivity contribution >= 4 is 22.9 Å². The first-order valence-electron chi connectivity index (χ1n) is 8.70. The molecule has 132 valence electrons. The van der Waals surface area contributed by atoms with Crippen molar-refractivity contribution in [2.75, 3.05) is 19.8 Å². The molecule has 0 spiro atoms. The van der Waals surface area contributed by atoms with E-state index in [9.17, 15) is 4.79 Å². The number of hydrogen-bond acceptors (Lipinski definition) is 3. The number of ether oxygens (including phenoxy) is 2. The van der Waals surface area contributed by atoms with Crippen LogP contribution in [0.2, 0.25) is 0 Å². The van der Waals surface area contributed by atoms with Gasteiger partial charge >= 0.3 is 0 Å². The van der Waals surface area contributed by atoms with Crippen molar-refractivity contribution < 1.29 is 14.3 Å². The van der Waals surface area contributed by atoms with Crippen molar-refractivity contribution in [2.45, 2.75) is 6.42 Å². The van der Waals surface area contributed by atoms with Gasteiger partial charge in [0.25, 0.3) is 0 Å². The number of nitrogens with one attached hydrogen (secondary N) is 2. The molecule has 1 aromatic heterocycles. The number of hydrogen-bond donors (Lipinski definition) is 2. The third-order valence-corrected chi connectivity index (χ3v) is 4.36. The van der Waals surface area contributed by atoms with Gasteiger partial charge in [-0.05, 0) is 41.8 Å². The number of para-hydroxylation sites is 1. The molecule has 2 heterocycles. The highest BCUT2D eigenvalue weighted by atomic mass is 16.6. The zero-order chi connectivity index (χ0) is 17.8. The Bertz CT molecular complexity index is 959. The van der Waals surface area contributed by atoms with Gasteiger partial charge in [-0.1, -0.05) is 24.3 Å². The van der Waals surface area contributed by atoms with Crippen molar-refractivity contribution in [1.29, 1.82) is 0 Å². The van der Waals surface area contributed by atoms with Crippen molar-refractivity contribution in [3.63, 3.8) is 0 Å². The van der Waals surface area contributed by atoms with Gasteiger partial charge in [0.05, 0.1) is 0 Å². The zero-order valence-electron chi connectivity index (χ0n) is 14.3. The molecule has 0 saturated carbocycles. The highest BCUT2D eigenvalue weighted by Gasteiger charge is 2.10. The molecule has 0 fully saturated rings. The van der Waals surface area contributed by atoms with Gasteiger partial charge in [-0.2, -0.15) is 0 Å². The van der Waals surface area contributed by atoms with E-state index in [0.29, 0.717) is 19.8 Å². The molecular formula is C21H20N2O3. The van der Waals surface area contributed by atoms with E-state index in [-0.39, 0.29) is 5.91 Å². The Morgan fingerprint density at radius 2 is 1.96 bits per heavy atom. The van der Waals surface area contributed by atoms with Gasteiger partial charge in [0, 0.05) is 29.7 Å². The molecule has 2 aromatic carbocycles. The SMILES string of the molecule is O=C(/C=C/c1ccc2c(c1)OCCO2)NCCc1c[nH]c2ccccc12. The van der Waals surface area contributed by atoms with Crippen LogP contribution < -0.4 is 14.8 Å². The standard InChI is InChI=1S/C21H20N2O3/c24-21(8-6-15-5-7-19-20(13-15)26-12-11-25-19)22-10-9-16-14-23-18-4-2-1-3-17(16)18/h1-8,13-14,23H,9-12H2,(H,22,24)/b8-6+. The number of fused-ring (bicyclic) bond motifs is 2.